The number of rotatable bonds is 15. The molecule has 11 nitrogen and oxygen atoms in total. The molecular formula is C58H63Cl2N11. The number of nitrogens with one attached hydrogen (secondary N) is 3. The SMILES string of the molecule is CC(/C=C\C1=C(N)c2ncccc2C1N1CCN(CCNc2ccnc3cc(Cl)ccc23)CC1)c1ccc2c(c1)N(C)c1ccccc1C2NC1CCN(CCCNc2ccnc3cc(Cl)ccc23)CC1. The fourth-order valence-corrected chi connectivity index (χ4v) is 11.7. The van der Waals surface area contributed by atoms with E-state index in [1.807, 2.05) is 61.1 Å². The molecule has 71 heavy (non-hydrogen) atoms. The summed E-state index contributed by atoms with van der Waals surface area (Å²) in [5.41, 5.74) is 21.5. The number of fused-ring (bicyclic) bond motifs is 5. The van der Waals surface area contributed by atoms with Crippen LogP contribution >= 0.6 is 23.2 Å². The summed E-state index contributed by atoms with van der Waals surface area (Å²) in [6, 6.07) is 36.8. The number of piperazine rings is 1. The third-order valence-electron chi connectivity index (χ3n) is 15.3. The van der Waals surface area contributed by atoms with Crippen LogP contribution < -0.4 is 26.6 Å². The molecule has 3 atom stereocenters. The average molecular weight is 985 g/mol. The normalized spacial score (nSPS) is 19.4. The molecule has 0 bridgehead atoms. The summed E-state index contributed by atoms with van der Waals surface area (Å²) in [5.74, 6) is 0.163. The van der Waals surface area contributed by atoms with Crippen molar-refractivity contribution >= 4 is 73.5 Å². The fourth-order valence-electron chi connectivity index (χ4n) is 11.4. The van der Waals surface area contributed by atoms with Gasteiger partial charge in [-0.05, 0) is 134 Å². The predicted molar refractivity (Wildman–Crippen MR) is 294 cm³/mol. The van der Waals surface area contributed by atoms with Crippen molar-refractivity contribution in [3.05, 3.63) is 177 Å². The van der Waals surface area contributed by atoms with E-state index in [-0.39, 0.29) is 18.0 Å². The summed E-state index contributed by atoms with van der Waals surface area (Å²) >= 11 is 12.5. The smallest absolute Gasteiger partial charge is 0.0913 e. The van der Waals surface area contributed by atoms with E-state index in [0.717, 1.165) is 135 Å². The largest absolute Gasteiger partial charge is 0.397 e. The van der Waals surface area contributed by atoms with Crippen molar-refractivity contribution in [2.45, 2.75) is 50.2 Å². The van der Waals surface area contributed by atoms with E-state index in [2.05, 4.69) is 132 Å². The number of anilines is 4. The Morgan fingerprint density at radius 3 is 2.07 bits per heavy atom. The number of allylic oxidation sites excluding steroid dienone is 1. The van der Waals surface area contributed by atoms with Crippen LogP contribution in [0, 0.1) is 0 Å². The quantitative estimate of drug-likeness (QED) is 0.0737. The summed E-state index contributed by atoms with van der Waals surface area (Å²) in [7, 11) is 2.22. The first-order valence-electron chi connectivity index (χ1n) is 25.4. The first kappa shape index (κ1) is 47.3. The number of nitrogens with two attached hydrogens (primary N) is 1. The number of hydrogen-bond acceptors (Lipinski definition) is 11. The summed E-state index contributed by atoms with van der Waals surface area (Å²) in [6.45, 7) is 12.1. The molecule has 13 heteroatoms. The first-order chi connectivity index (χ1) is 34.8. The Labute approximate surface area is 427 Å². The van der Waals surface area contributed by atoms with Gasteiger partial charge in [0.05, 0.1) is 34.5 Å². The van der Waals surface area contributed by atoms with Crippen LogP contribution in [0.3, 0.4) is 0 Å². The van der Waals surface area contributed by atoms with Gasteiger partial charge >= 0.3 is 0 Å². The molecule has 1 aliphatic carbocycles. The molecule has 5 N–H and O–H groups in total. The van der Waals surface area contributed by atoms with Gasteiger partial charge in [0.25, 0.3) is 0 Å². The Hall–Kier alpha value is -6.05. The number of nitrogens with zero attached hydrogens (tertiary/aromatic N) is 7. The second-order valence-corrected chi connectivity index (χ2v) is 20.5. The maximum absolute atomic E-state index is 7.01. The number of pyridine rings is 3. The lowest BCUT2D eigenvalue weighted by Crippen LogP contribution is -2.48. The van der Waals surface area contributed by atoms with E-state index >= 15 is 0 Å². The van der Waals surface area contributed by atoms with Crippen molar-refractivity contribution in [2.75, 3.05) is 88.0 Å². The Morgan fingerprint density at radius 1 is 0.676 bits per heavy atom. The lowest BCUT2D eigenvalue weighted by atomic mass is 9.87. The molecule has 364 valence electrons. The van der Waals surface area contributed by atoms with Gasteiger partial charge in [0.15, 0.2) is 0 Å². The van der Waals surface area contributed by atoms with Gasteiger partial charge in [-0.15, -0.1) is 0 Å². The summed E-state index contributed by atoms with van der Waals surface area (Å²) in [6.07, 6.45) is 13.5. The van der Waals surface area contributed by atoms with E-state index in [9.17, 15) is 0 Å². The third kappa shape index (κ3) is 9.96. The number of hydrogen-bond donors (Lipinski definition) is 4. The van der Waals surface area contributed by atoms with Crippen LogP contribution in [-0.4, -0.2) is 108 Å². The monoisotopic (exact) mass is 983 g/mol. The number of benzene rings is 4. The van der Waals surface area contributed by atoms with E-state index < -0.39 is 0 Å². The molecule has 0 saturated carbocycles. The Balaban J connectivity index is 0.720. The third-order valence-corrected chi connectivity index (χ3v) is 15.8. The lowest BCUT2D eigenvalue weighted by Gasteiger charge is -2.40. The van der Waals surface area contributed by atoms with Crippen LogP contribution in [0.5, 0.6) is 0 Å². The molecule has 4 aromatic carbocycles. The van der Waals surface area contributed by atoms with Gasteiger partial charge in [-0.3, -0.25) is 24.8 Å². The lowest BCUT2D eigenvalue weighted by molar-refractivity contribution is 0.113. The number of likely N-dealkylation sites (tertiary alicyclic amines) is 1. The van der Waals surface area contributed by atoms with Crippen molar-refractivity contribution in [1.82, 2.24) is 35.0 Å². The standard InChI is InChI=1S/C58H63Cl2N11/c1-38(10-14-47-55(61)57-48(8-5-22-66-57)58(47)71-33-31-70(32-34-71)30-26-65-50-19-25-64-52-37-41(60)13-17-44(50)52)39-11-15-46-54(35-39)68(2)53-9-4-3-7-45(53)56(46)67-42-20-28-69(29-21-42)27-6-23-62-49-18-24-63-51-36-40(59)12-16-43(49)51/h3-5,7-19,22,24-25,35-38,42,56,58,67H,6,20-21,23,26-34,61H2,1-2H3,(H,62,63)(H,64,65)/b14-10-. The highest BCUT2D eigenvalue weighted by atomic mass is 35.5. The van der Waals surface area contributed by atoms with Gasteiger partial charge in [-0.25, -0.2) is 0 Å². The minimum Gasteiger partial charge on any atom is -0.397 e. The van der Waals surface area contributed by atoms with Gasteiger partial charge in [0.2, 0.25) is 0 Å². The van der Waals surface area contributed by atoms with Crippen molar-refractivity contribution in [3.8, 4) is 0 Å². The molecule has 11 rings (SSSR count). The zero-order valence-electron chi connectivity index (χ0n) is 40.7. The zero-order chi connectivity index (χ0) is 48.4. The van der Waals surface area contributed by atoms with E-state index in [1.54, 1.807) is 0 Å². The summed E-state index contributed by atoms with van der Waals surface area (Å²) in [4.78, 5) is 23.9. The minimum atomic E-state index is 0.0684. The highest BCUT2D eigenvalue weighted by Gasteiger charge is 2.36. The van der Waals surface area contributed by atoms with Crippen LogP contribution in [-0.2, 0) is 0 Å². The molecule has 0 radical (unpaired) electrons. The molecule has 0 amide bonds. The number of piperidine rings is 1. The van der Waals surface area contributed by atoms with E-state index in [0.29, 0.717) is 16.1 Å². The molecule has 3 aliphatic heterocycles. The predicted octanol–water partition coefficient (Wildman–Crippen LogP) is 11.0. The maximum Gasteiger partial charge on any atom is 0.0913 e. The van der Waals surface area contributed by atoms with Crippen LogP contribution in [0.2, 0.25) is 10.0 Å². The molecule has 3 unspecified atom stereocenters. The van der Waals surface area contributed by atoms with Crippen molar-refractivity contribution in [2.24, 2.45) is 5.73 Å². The Morgan fingerprint density at radius 2 is 1.34 bits per heavy atom. The molecule has 3 aromatic heterocycles. The maximum atomic E-state index is 7.01. The summed E-state index contributed by atoms with van der Waals surface area (Å²) in [5, 5.41) is 15.1. The molecular weight excluding hydrogens is 922 g/mol. The minimum absolute atomic E-state index is 0.0684. The zero-order valence-corrected chi connectivity index (χ0v) is 42.2. The molecule has 4 aliphatic rings. The Kier molecular flexibility index (Phi) is 14.0. The number of para-hydroxylation sites is 1. The van der Waals surface area contributed by atoms with Gasteiger partial charge in [-0.1, -0.05) is 78.7 Å². The molecule has 6 heterocycles. The molecule has 2 fully saturated rings. The van der Waals surface area contributed by atoms with Gasteiger partial charge in [0, 0.05) is 127 Å². The highest BCUT2D eigenvalue weighted by Crippen LogP contribution is 2.46. The number of halogens is 2. The average Bonchev–Trinajstić information content (AvgIpc) is 3.68. The Bertz CT molecular complexity index is 3100. The van der Waals surface area contributed by atoms with Crippen molar-refractivity contribution in [1.29, 1.82) is 0 Å². The molecule has 2 saturated heterocycles. The van der Waals surface area contributed by atoms with Crippen LogP contribution in [0.15, 0.2) is 139 Å². The van der Waals surface area contributed by atoms with Crippen molar-refractivity contribution < 1.29 is 0 Å². The van der Waals surface area contributed by atoms with E-state index in [4.69, 9.17) is 33.9 Å². The second-order valence-electron chi connectivity index (χ2n) is 19.6. The van der Waals surface area contributed by atoms with Crippen molar-refractivity contribution in [3.63, 3.8) is 0 Å². The van der Waals surface area contributed by atoms with Crippen LogP contribution in [0.4, 0.5) is 22.7 Å². The topological polar surface area (TPSA) is 114 Å². The molecule has 7 aromatic rings. The van der Waals surface area contributed by atoms with E-state index in [1.165, 1.54) is 33.6 Å². The second kappa shape index (κ2) is 21.0. The fraction of sp³-hybridized carbons (Fsp3) is 0.328. The van der Waals surface area contributed by atoms with Crippen LogP contribution in [0.1, 0.15) is 72.1 Å². The highest BCUT2D eigenvalue weighted by molar-refractivity contribution is 6.31. The van der Waals surface area contributed by atoms with Crippen LogP contribution in [0.25, 0.3) is 27.5 Å². The first-order valence-corrected chi connectivity index (χ1v) is 26.1. The molecule has 0 spiro atoms. The van der Waals surface area contributed by atoms with Gasteiger partial charge < -0.3 is 31.5 Å². The van der Waals surface area contributed by atoms with Gasteiger partial charge in [-0.2, -0.15) is 0 Å². The number of aromatic nitrogens is 3. The summed E-state index contributed by atoms with van der Waals surface area (Å²) < 4.78 is 0. The van der Waals surface area contributed by atoms with Gasteiger partial charge in [0.1, 0.15) is 0 Å².